The van der Waals surface area contributed by atoms with Crippen molar-refractivity contribution < 1.29 is 26.7 Å². The van der Waals surface area contributed by atoms with Gasteiger partial charge in [-0.3, -0.25) is 0 Å². The molecular formula is C11H11F3O3S. The Kier molecular flexibility index (Phi) is 2.94. The van der Waals surface area contributed by atoms with Crippen LogP contribution in [0.3, 0.4) is 0 Å². The maximum Gasteiger partial charge on any atom is 0.501 e. The summed E-state index contributed by atoms with van der Waals surface area (Å²) in [5.41, 5.74) is -5.79. The van der Waals surface area contributed by atoms with Gasteiger partial charge in [-0.25, -0.2) is 8.42 Å². The molecule has 0 unspecified atom stereocenters. The Bertz CT molecular complexity index is 559. The number of sulfone groups is 1. The molecular weight excluding hydrogens is 269 g/mol. The molecule has 1 aromatic carbocycles. The summed E-state index contributed by atoms with van der Waals surface area (Å²) >= 11 is 0. The average Bonchev–Trinajstić information content (AvgIpc) is 2.94. The van der Waals surface area contributed by atoms with E-state index in [0.717, 1.165) is 12.1 Å². The summed E-state index contributed by atoms with van der Waals surface area (Å²) < 4.78 is 59.5. The van der Waals surface area contributed by atoms with Crippen molar-refractivity contribution in [3.05, 3.63) is 29.8 Å². The molecule has 0 saturated heterocycles. The Balaban J connectivity index is 2.33. The average molecular weight is 280 g/mol. The zero-order valence-electron chi connectivity index (χ0n) is 9.24. The Morgan fingerprint density at radius 1 is 1.28 bits per heavy atom. The number of hydrogen-bond donors (Lipinski definition) is 1. The topological polar surface area (TPSA) is 54.4 Å². The van der Waals surface area contributed by atoms with Crippen molar-refractivity contribution in [2.45, 2.75) is 35.3 Å². The molecule has 0 spiro atoms. The molecule has 0 aromatic heterocycles. The highest BCUT2D eigenvalue weighted by atomic mass is 32.2. The number of benzene rings is 1. The van der Waals surface area contributed by atoms with Gasteiger partial charge in [0.25, 0.3) is 9.84 Å². The van der Waals surface area contributed by atoms with Crippen LogP contribution in [-0.2, 0) is 16.3 Å². The summed E-state index contributed by atoms with van der Waals surface area (Å²) in [6.07, 6.45) is 1.35. The maximum absolute atomic E-state index is 12.4. The van der Waals surface area contributed by atoms with E-state index in [4.69, 9.17) is 0 Å². The van der Waals surface area contributed by atoms with Gasteiger partial charge >= 0.3 is 5.51 Å². The molecule has 0 bridgehead atoms. The van der Waals surface area contributed by atoms with Crippen molar-refractivity contribution in [3.63, 3.8) is 0 Å². The third-order valence-corrected chi connectivity index (χ3v) is 4.36. The zero-order valence-corrected chi connectivity index (χ0v) is 10.1. The number of aliphatic hydroxyl groups is 1. The molecule has 0 aliphatic heterocycles. The van der Waals surface area contributed by atoms with Crippen LogP contribution < -0.4 is 0 Å². The fourth-order valence-electron chi connectivity index (χ4n) is 1.66. The maximum atomic E-state index is 12.4. The van der Waals surface area contributed by atoms with Crippen molar-refractivity contribution in [3.8, 4) is 0 Å². The van der Waals surface area contributed by atoms with E-state index >= 15 is 0 Å². The van der Waals surface area contributed by atoms with Gasteiger partial charge in [-0.15, -0.1) is 0 Å². The number of rotatable bonds is 3. The highest BCUT2D eigenvalue weighted by molar-refractivity contribution is 7.92. The summed E-state index contributed by atoms with van der Waals surface area (Å²) in [5.74, 6) is 0. The van der Waals surface area contributed by atoms with Crippen LogP contribution in [-0.4, -0.2) is 24.6 Å². The van der Waals surface area contributed by atoms with Gasteiger partial charge < -0.3 is 5.11 Å². The highest BCUT2D eigenvalue weighted by Crippen LogP contribution is 2.39. The summed E-state index contributed by atoms with van der Waals surface area (Å²) in [6, 6.07) is 4.63. The largest absolute Gasteiger partial charge is 0.501 e. The van der Waals surface area contributed by atoms with Gasteiger partial charge in [-0.2, -0.15) is 13.2 Å². The standard InChI is InChI=1S/C11H11F3O3S/c12-11(13,14)18(16,17)9-3-1-2-8(6-9)7-10(15)4-5-10/h1-3,6,15H,4-5,7H2. The van der Waals surface area contributed by atoms with Crippen LogP contribution in [0.5, 0.6) is 0 Å². The zero-order chi connectivity index (χ0) is 13.6. The molecule has 2 rings (SSSR count). The Hall–Kier alpha value is -1.08. The molecule has 7 heteroatoms. The minimum atomic E-state index is -5.32. The van der Waals surface area contributed by atoms with Gasteiger partial charge in [0.15, 0.2) is 0 Å². The van der Waals surface area contributed by atoms with Crippen LogP contribution in [0.4, 0.5) is 13.2 Å². The second-order valence-electron chi connectivity index (χ2n) is 4.50. The molecule has 0 atom stereocenters. The monoisotopic (exact) mass is 280 g/mol. The lowest BCUT2D eigenvalue weighted by atomic mass is 10.1. The Morgan fingerprint density at radius 3 is 2.39 bits per heavy atom. The Morgan fingerprint density at radius 2 is 1.89 bits per heavy atom. The first-order valence-corrected chi connectivity index (χ1v) is 6.75. The Labute approximate surface area is 102 Å². The molecule has 0 radical (unpaired) electrons. The second kappa shape index (κ2) is 3.96. The molecule has 1 aromatic rings. The van der Waals surface area contributed by atoms with Gasteiger partial charge in [-0.05, 0) is 30.5 Å². The van der Waals surface area contributed by atoms with Crippen molar-refractivity contribution in [1.29, 1.82) is 0 Å². The quantitative estimate of drug-likeness (QED) is 0.922. The minimum Gasteiger partial charge on any atom is -0.390 e. The van der Waals surface area contributed by atoms with Gasteiger partial charge in [0.1, 0.15) is 0 Å². The van der Waals surface area contributed by atoms with Gasteiger partial charge in [0.05, 0.1) is 10.5 Å². The van der Waals surface area contributed by atoms with Gasteiger partial charge in [-0.1, -0.05) is 12.1 Å². The minimum absolute atomic E-state index is 0.175. The van der Waals surface area contributed by atoms with Crippen LogP contribution in [0.15, 0.2) is 29.2 Å². The summed E-state index contributed by atoms with van der Waals surface area (Å²) in [6.45, 7) is 0. The molecule has 1 aliphatic rings. The first kappa shape index (κ1) is 13.4. The van der Waals surface area contributed by atoms with Crippen molar-refractivity contribution in [1.82, 2.24) is 0 Å². The van der Waals surface area contributed by atoms with E-state index in [0.29, 0.717) is 18.4 Å². The third kappa shape index (κ3) is 2.51. The molecule has 3 nitrogen and oxygen atoms in total. The molecule has 1 fully saturated rings. The smallest absolute Gasteiger partial charge is 0.390 e. The predicted molar refractivity (Wildman–Crippen MR) is 57.6 cm³/mol. The van der Waals surface area contributed by atoms with E-state index in [1.54, 1.807) is 0 Å². The summed E-state index contributed by atoms with van der Waals surface area (Å²) in [4.78, 5) is -0.781. The van der Waals surface area contributed by atoms with Crippen molar-refractivity contribution in [2.75, 3.05) is 0 Å². The van der Waals surface area contributed by atoms with E-state index in [-0.39, 0.29) is 6.42 Å². The second-order valence-corrected chi connectivity index (χ2v) is 6.44. The molecule has 1 aliphatic carbocycles. The van der Waals surface area contributed by atoms with Crippen molar-refractivity contribution >= 4 is 9.84 Å². The van der Waals surface area contributed by atoms with Crippen molar-refractivity contribution in [2.24, 2.45) is 0 Å². The lowest BCUT2D eigenvalue weighted by Crippen LogP contribution is -2.23. The summed E-state index contributed by atoms with van der Waals surface area (Å²) in [7, 11) is -5.32. The van der Waals surface area contributed by atoms with Crippen LogP contribution in [0.25, 0.3) is 0 Å². The molecule has 0 heterocycles. The number of alkyl halides is 3. The normalized spacial score (nSPS) is 18.7. The fraction of sp³-hybridized carbons (Fsp3) is 0.455. The third-order valence-electron chi connectivity index (χ3n) is 2.87. The van der Waals surface area contributed by atoms with E-state index in [1.165, 1.54) is 12.1 Å². The first-order chi connectivity index (χ1) is 8.14. The highest BCUT2D eigenvalue weighted by Gasteiger charge is 2.47. The van der Waals surface area contributed by atoms with Crippen LogP contribution in [0, 0.1) is 0 Å². The van der Waals surface area contributed by atoms with Crippen LogP contribution in [0.1, 0.15) is 18.4 Å². The lowest BCUT2D eigenvalue weighted by molar-refractivity contribution is -0.0436. The van der Waals surface area contributed by atoms with Crippen LogP contribution in [0.2, 0.25) is 0 Å². The predicted octanol–water partition coefficient (Wildman–Crippen LogP) is 2.05. The van der Waals surface area contributed by atoms with E-state index in [9.17, 15) is 26.7 Å². The first-order valence-electron chi connectivity index (χ1n) is 5.27. The lowest BCUT2D eigenvalue weighted by Gasteiger charge is -2.11. The number of halogens is 3. The van der Waals surface area contributed by atoms with Gasteiger partial charge in [0, 0.05) is 6.42 Å². The van der Waals surface area contributed by atoms with E-state index in [2.05, 4.69) is 0 Å². The summed E-state index contributed by atoms with van der Waals surface area (Å²) in [5, 5.41) is 9.66. The van der Waals surface area contributed by atoms with Gasteiger partial charge in [0.2, 0.25) is 0 Å². The molecule has 1 N–H and O–H groups in total. The molecule has 0 amide bonds. The molecule has 100 valence electrons. The molecule has 1 saturated carbocycles. The van der Waals surface area contributed by atoms with Crippen LogP contribution >= 0.6 is 0 Å². The van der Waals surface area contributed by atoms with E-state index in [1.807, 2.05) is 0 Å². The number of hydrogen-bond acceptors (Lipinski definition) is 3. The SMILES string of the molecule is O=S(=O)(c1cccc(CC2(O)CC2)c1)C(F)(F)F. The molecule has 18 heavy (non-hydrogen) atoms. The van der Waals surface area contributed by atoms with E-state index < -0.39 is 25.8 Å². The fourth-order valence-corrected chi connectivity index (χ4v) is 2.49.